The molecule has 1 aromatic carbocycles. The predicted molar refractivity (Wildman–Crippen MR) is 101 cm³/mol. The van der Waals surface area contributed by atoms with Crippen LogP contribution in [0.3, 0.4) is 0 Å². The number of nitrogens with one attached hydrogen (secondary N) is 2. The molecule has 0 bridgehead atoms. The Hall–Kier alpha value is -3.00. The van der Waals surface area contributed by atoms with Gasteiger partial charge in [-0.1, -0.05) is 6.07 Å². The molecule has 0 amide bonds. The average molecular weight is 366 g/mol. The third-order valence-electron chi connectivity index (χ3n) is 5.36. The standard InChI is InChI=1S/C19H22N6O2/c1-24-18(22-14-6-20-21-7-14)16-10-27-11-17(16)23-19(24)25-8-12-3-4-15(26-2)5-13(12)9-25/h3-7,18,22H,8-11H2,1-2H3,(H,20,21). The van der Waals surface area contributed by atoms with Crippen molar-refractivity contribution in [3.05, 3.63) is 53.0 Å². The summed E-state index contributed by atoms with van der Waals surface area (Å²) < 4.78 is 11.1. The van der Waals surface area contributed by atoms with Gasteiger partial charge in [-0.05, 0) is 23.3 Å². The maximum absolute atomic E-state index is 5.69. The Kier molecular flexibility index (Phi) is 3.78. The number of H-pyrrole nitrogens is 1. The number of rotatable bonds is 3. The Balaban J connectivity index is 1.44. The van der Waals surface area contributed by atoms with Crippen molar-refractivity contribution in [2.75, 3.05) is 32.7 Å². The summed E-state index contributed by atoms with van der Waals surface area (Å²) in [7, 11) is 3.77. The summed E-state index contributed by atoms with van der Waals surface area (Å²) in [6.07, 6.45) is 3.63. The summed E-state index contributed by atoms with van der Waals surface area (Å²) in [6, 6.07) is 6.27. The number of aliphatic imine (C=N–C) groups is 1. The molecule has 3 aliphatic heterocycles. The molecule has 0 radical (unpaired) electrons. The molecule has 27 heavy (non-hydrogen) atoms. The number of fused-ring (bicyclic) bond motifs is 1. The van der Waals surface area contributed by atoms with E-state index in [0.717, 1.165) is 36.2 Å². The lowest BCUT2D eigenvalue weighted by molar-refractivity contribution is 0.199. The molecular weight excluding hydrogens is 344 g/mol. The van der Waals surface area contributed by atoms with Crippen LogP contribution in [0.5, 0.6) is 5.75 Å². The molecule has 2 N–H and O–H groups in total. The van der Waals surface area contributed by atoms with Crippen LogP contribution in [0.2, 0.25) is 0 Å². The van der Waals surface area contributed by atoms with Crippen molar-refractivity contribution >= 4 is 11.6 Å². The molecule has 3 aliphatic rings. The molecule has 1 aromatic heterocycles. The molecular formula is C19H22N6O2. The summed E-state index contributed by atoms with van der Waals surface area (Å²) in [5, 5.41) is 10.4. The van der Waals surface area contributed by atoms with E-state index in [1.807, 2.05) is 12.3 Å². The van der Waals surface area contributed by atoms with E-state index in [0.29, 0.717) is 13.2 Å². The van der Waals surface area contributed by atoms with Crippen molar-refractivity contribution in [3.8, 4) is 5.75 Å². The van der Waals surface area contributed by atoms with Gasteiger partial charge in [-0.2, -0.15) is 5.10 Å². The molecule has 0 spiro atoms. The van der Waals surface area contributed by atoms with E-state index in [2.05, 4.69) is 44.5 Å². The SMILES string of the molecule is COc1ccc2c(c1)CN(C1=NC3=C(COC3)C(Nc3cn[nH]c3)N1C)C2. The molecule has 4 heterocycles. The van der Waals surface area contributed by atoms with Crippen molar-refractivity contribution in [2.45, 2.75) is 19.3 Å². The average Bonchev–Trinajstić information content (AvgIpc) is 3.43. The number of methoxy groups -OCH3 is 1. The smallest absolute Gasteiger partial charge is 0.203 e. The van der Waals surface area contributed by atoms with Crippen molar-refractivity contribution in [1.82, 2.24) is 20.0 Å². The van der Waals surface area contributed by atoms with Gasteiger partial charge in [0.15, 0.2) is 0 Å². The monoisotopic (exact) mass is 366 g/mol. The maximum Gasteiger partial charge on any atom is 0.203 e. The number of hydrogen-bond acceptors (Lipinski definition) is 7. The topological polar surface area (TPSA) is 78.0 Å². The minimum absolute atomic E-state index is 0.00847. The second-order valence-corrected chi connectivity index (χ2v) is 7.01. The van der Waals surface area contributed by atoms with Crippen LogP contribution in [0.25, 0.3) is 0 Å². The second kappa shape index (κ2) is 6.31. The fraction of sp³-hybridized carbons (Fsp3) is 0.368. The molecule has 1 unspecified atom stereocenters. The molecule has 140 valence electrons. The number of aromatic amines is 1. The quantitative estimate of drug-likeness (QED) is 0.862. The van der Waals surface area contributed by atoms with Crippen LogP contribution in [0, 0.1) is 0 Å². The molecule has 0 saturated carbocycles. The first-order chi connectivity index (χ1) is 13.2. The van der Waals surface area contributed by atoms with Crippen LogP contribution in [0.4, 0.5) is 5.69 Å². The van der Waals surface area contributed by atoms with Gasteiger partial charge in [0.05, 0.1) is 37.9 Å². The van der Waals surface area contributed by atoms with E-state index in [4.69, 9.17) is 14.5 Å². The van der Waals surface area contributed by atoms with E-state index in [1.54, 1.807) is 13.3 Å². The van der Waals surface area contributed by atoms with E-state index < -0.39 is 0 Å². The number of ether oxygens (including phenoxy) is 2. The predicted octanol–water partition coefficient (Wildman–Crippen LogP) is 1.76. The van der Waals surface area contributed by atoms with Crippen molar-refractivity contribution < 1.29 is 9.47 Å². The summed E-state index contributed by atoms with van der Waals surface area (Å²) in [4.78, 5) is 9.43. The second-order valence-electron chi connectivity index (χ2n) is 7.01. The molecule has 1 atom stereocenters. The fourth-order valence-electron chi connectivity index (χ4n) is 3.93. The van der Waals surface area contributed by atoms with Gasteiger partial charge >= 0.3 is 0 Å². The van der Waals surface area contributed by atoms with Crippen molar-refractivity contribution in [2.24, 2.45) is 4.99 Å². The summed E-state index contributed by atoms with van der Waals surface area (Å²) >= 11 is 0. The summed E-state index contributed by atoms with van der Waals surface area (Å²) in [6.45, 7) is 2.82. The Bertz CT molecular complexity index is 920. The first-order valence-corrected chi connectivity index (χ1v) is 9.00. The highest BCUT2D eigenvalue weighted by atomic mass is 16.5. The number of aromatic nitrogens is 2. The Morgan fingerprint density at radius 2 is 2.15 bits per heavy atom. The first kappa shape index (κ1) is 16.2. The van der Waals surface area contributed by atoms with E-state index in [-0.39, 0.29) is 6.17 Å². The van der Waals surface area contributed by atoms with Crippen molar-refractivity contribution in [1.29, 1.82) is 0 Å². The van der Waals surface area contributed by atoms with Crippen LogP contribution >= 0.6 is 0 Å². The molecule has 0 aliphatic carbocycles. The lowest BCUT2D eigenvalue weighted by Crippen LogP contribution is -2.51. The van der Waals surface area contributed by atoms with Crippen LogP contribution in [-0.2, 0) is 17.8 Å². The van der Waals surface area contributed by atoms with Gasteiger partial charge in [0.1, 0.15) is 11.9 Å². The van der Waals surface area contributed by atoms with Crippen molar-refractivity contribution in [3.63, 3.8) is 0 Å². The molecule has 2 aromatic rings. The van der Waals surface area contributed by atoms with Gasteiger partial charge in [-0.3, -0.25) is 5.10 Å². The molecule has 0 fully saturated rings. The van der Waals surface area contributed by atoms with E-state index >= 15 is 0 Å². The van der Waals surface area contributed by atoms with Gasteiger partial charge in [-0.15, -0.1) is 0 Å². The highest BCUT2D eigenvalue weighted by Gasteiger charge is 2.36. The Morgan fingerprint density at radius 3 is 2.96 bits per heavy atom. The van der Waals surface area contributed by atoms with E-state index in [1.165, 1.54) is 16.7 Å². The highest BCUT2D eigenvalue weighted by Crippen LogP contribution is 2.32. The fourth-order valence-corrected chi connectivity index (χ4v) is 3.93. The van der Waals surface area contributed by atoms with E-state index in [9.17, 15) is 0 Å². The van der Waals surface area contributed by atoms with Gasteiger partial charge < -0.3 is 24.6 Å². The van der Waals surface area contributed by atoms with Crippen LogP contribution in [0.15, 0.2) is 46.9 Å². The van der Waals surface area contributed by atoms with Crippen LogP contribution in [-0.4, -0.2) is 59.5 Å². The lowest BCUT2D eigenvalue weighted by Gasteiger charge is -2.38. The van der Waals surface area contributed by atoms with Crippen LogP contribution in [0.1, 0.15) is 11.1 Å². The first-order valence-electron chi connectivity index (χ1n) is 9.00. The molecule has 8 heteroatoms. The summed E-state index contributed by atoms with van der Waals surface area (Å²) in [5.74, 6) is 1.85. The molecule has 8 nitrogen and oxygen atoms in total. The Morgan fingerprint density at radius 1 is 1.26 bits per heavy atom. The number of hydrogen-bond donors (Lipinski definition) is 2. The van der Waals surface area contributed by atoms with Gasteiger partial charge in [0, 0.05) is 31.9 Å². The largest absolute Gasteiger partial charge is 0.497 e. The van der Waals surface area contributed by atoms with Gasteiger partial charge in [0.25, 0.3) is 0 Å². The van der Waals surface area contributed by atoms with Gasteiger partial charge in [0.2, 0.25) is 5.96 Å². The number of anilines is 1. The summed E-state index contributed by atoms with van der Waals surface area (Å²) in [5.41, 5.74) is 5.75. The third-order valence-corrected chi connectivity index (χ3v) is 5.36. The van der Waals surface area contributed by atoms with Crippen LogP contribution < -0.4 is 10.1 Å². The number of likely N-dealkylation sites (N-methyl/N-ethyl adjacent to an activating group) is 1. The molecule has 5 rings (SSSR count). The highest BCUT2D eigenvalue weighted by molar-refractivity contribution is 5.84. The number of guanidine groups is 1. The zero-order chi connectivity index (χ0) is 18.4. The minimum atomic E-state index is -0.00847. The minimum Gasteiger partial charge on any atom is -0.497 e. The zero-order valence-corrected chi connectivity index (χ0v) is 15.4. The zero-order valence-electron chi connectivity index (χ0n) is 15.4. The normalized spacial score (nSPS) is 21.3. The lowest BCUT2D eigenvalue weighted by atomic mass is 10.1. The van der Waals surface area contributed by atoms with Gasteiger partial charge in [-0.25, -0.2) is 4.99 Å². The number of benzene rings is 1. The maximum atomic E-state index is 5.69. The molecule has 0 saturated heterocycles. The third kappa shape index (κ3) is 2.73. The Labute approximate surface area is 157 Å². The number of nitrogens with zero attached hydrogens (tertiary/aromatic N) is 4.